The number of para-hydroxylation sites is 1. The summed E-state index contributed by atoms with van der Waals surface area (Å²) in [6, 6.07) is 4.66. The first kappa shape index (κ1) is 17.4. The van der Waals surface area contributed by atoms with E-state index in [1.54, 1.807) is 32.9 Å². The minimum absolute atomic E-state index is 0.0266. The summed E-state index contributed by atoms with van der Waals surface area (Å²) in [4.78, 5) is 22.3. The van der Waals surface area contributed by atoms with Gasteiger partial charge in [0.1, 0.15) is 5.60 Å². The molecule has 118 valence electrons. The van der Waals surface area contributed by atoms with Crippen molar-refractivity contribution in [3.8, 4) is 11.8 Å². The van der Waals surface area contributed by atoms with Gasteiger partial charge in [-0.2, -0.15) is 0 Å². The van der Waals surface area contributed by atoms with Crippen molar-refractivity contribution in [3.05, 3.63) is 29.3 Å². The first-order valence-corrected chi connectivity index (χ1v) is 6.78. The van der Waals surface area contributed by atoms with Gasteiger partial charge in [0.25, 0.3) is 0 Å². The van der Waals surface area contributed by atoms with Crippen LogP contribution < -0.4 is 11.1 Å². The topological polar surface area (TPSA) is 102 Å². The van der Waals surface area contributed by atoms with Gasteiger partial charge in [-0.3, -0.25) is 0 Å². The van der Waals surface area contributed by atoms with Crippen LogP contribution in [0.4, 0.5) is 10.5 Å². The zero-order valence-electron chi connectivity index (χ0n) is 12.9. The van der Waals surface area contributed by atoms with Gasteiger partial charge in [-0.25, -0.2) is 9.59 Å². The molecule has 0 aliphatic heterocycles. The standard InChI is InChI=1S/C16H20N2O4/c1-16(2,3)22-15(21)18-10-5-4-7-11-8-6-9-12(13(11)17)14(19)20/h6,8-9H,5,10,17H2,1-3H3,(H,18,21)(H,19,20). The van der Waals surface area contributed by atoms with Crippen molar-refractivity contribution in [1.82, 2.24) is 5.32 Å². The highest BCUT2D eigenvalue weighted by molar-refractivity contribution is 5.95. The second-order valence-electron chi connectivity index (χ2n) is 5.55. The molecule has 22 heavy (non-hydrogen) atoms. The number of ether oxygens (including phenoxy) is 1. The van der Waals surface area contributed by atoms with E-state index in [0.29, 0.717) is 18.5 Å². The van der Waals surface area contributed by atoms with Crippen LogP contribution in [0.2, 0.25) is 0 Å². The number of nitrogens with one attached hydrogen (secondary N) is 1. The van der Waals surface area contributed by atoms with Crippen molar-refractivity contribution in [1.29, 1.82) is 0 Å². The summed E-state index contributed by atoms with van der Waals surface area (Å²) in [7, 11) is 0. The molecule has 0 radical (unpaired) electrons. The first-order chi connectivity index (χ1) is 10.2. The van der Waals surface area contributed by atoms with E-state index in [1.807, 2.05) is 0 Å². The van der Waals surface area contributed by atoms with E-state index < -0.39 is 17.7 Å². The molecule has 1 aromatic carbocycles. The average Bonchev–Trinajstić information content (AvgIpc) is 2.37. The van der Waals surface area contributed by atoms with Gasteiger partial charge in [-0.15, -0.1) is 0 Å². The number of nitrogens with two attached hydrogens (primary N) is 1. The van der Waals surface area contributed by atoms with Crippen LogP contribution >= 0.6 is 0 Å². The number of hydrogen-bond acceptors (Lipinski definition) is 4. The Balaban J connectivity index is 2.54. The van der Waals surface area contributed by atoms with Gasteiger partial charge in [-0.1, -0.05) is 17.9 Å². The van der Waals surface area contributed by atoms with Crippen LogP contribution in [0, 0.1) is 11.8 Å². The molecule has 1 aromatic rings. The quantitative estimate of drug-likeness (QED) is 0.451. The Kier molecular flexibility index (Phi) is 5.81. The molecule has 1 rings (SSSR count). The van der Waals surface area contributed by atoms with Gasteiger partial charge in [0.05, 0.1) is 11.3 Å². The molecule has 6 heteroatoms. The molecule has 0 spiro atoms. The lowest BCUT2D eigenvalue weighted by Gasteiger charge is -2.19. The zero-order valence-corrected chi connectivity index (χ0v) is 12.9. The molecule has 6 nitrogen and oxygen atoms in total. The first-order valence-electron chi connectivity index (χ1n) is 6.78. The average molecular weight is 304 g/mol. The highest BCUT2D eigenvalue weighted by Crippen LogP contribution is 2.16. The van der Waals surface area contributed by atoms with Crippen molar-refractivity contribution in [3.63, 3.8) is 0 Å². The Morgan fingerprint density at radius 3 is 2.64 bits per heavy atom. The summed E-state index contributed by atoms with van der Waals surface area (Å²) in [5, 5.41) is 11.5. The lowest BCUT2D eigenvalue weighted by atomic mass is 10.1. The van der Waals surface area contributed by atoms with Gasteiger partial charge in [0.2, 0.25) is 0 Å². The number of carboxylic acid groups (broad SMARTS) is 1. The third-order valence-corrected chi connectivity index (χ3v) is 2.48. The molecular formula is C16H20N2O4. The number of carboxylic acids is 1. The van der Waals surface area contributed by atoms with Crippen LogP contribution in [0.1, 0.15) is 43.1 Å². The van der Waals surface area contributed by atoms with E-state index in [-0.39, 0.29) is 11.3 Å². The predicted octanol–water partition coefficient (Wildman–Crippen LogP) is 2.23. The molecule has 4 N–H and O–H groups in total. The molecule has 0 saturated carbocycles. The number of carbonyl (C=O) groups is 2. The maximum Gasteiger partial charge on any atom is 0.407 e. The zero-order chi connectivity index (χ0) is 16.8. The van der Waals surface area contributed by atoms with Gasteiger partial charge in [0, 0.05) is 18.5 Å². The van der Waals surface area contributed by atoms with Gasteiger partial charge in [0.15, 0.2) is 0 Å². The summed E-state index contributed by atoms with van der Waals surface area (Å²) in [5.74, 6) is 4.54. The SMILES string of the molecule is CC(C)(C)OC(=O)NCCC#Cc1cccc(C(=O)O)c1N. The second kappa shape index (κ2) is 7.36. The Bertz CT molecular complexity index is 621. The van der Waals surface area contributed by atoms with Crippen LogP contribution in [-0.2, 0) is 4.74 Å². The summed E-state index contributed by atoms with van der Waals surface area (Å²) < 4.78 is 5.08. The number of rotatable bonds is 3. The van der Waals surface area contributed by atoms with Crippen molar-refractivity contribution >= 4 is 17.7 Å². The Labute approximate surface area is 129 Å². The van der Waals surface area contributed by atoms with Gasteiger partial charge in [-0.05, 0) is 32.9 Å². The van der Waals surface area contributed by atoms with E-state index in [2.05, 4.69) is 17.2 Å². The third kappa shape index (κ3) is 5.75. The monoisotopic (exact) mass is 304 g/mol. The van der Waals surface area contributed by atoms with Gasteiger partial charge < -0.3 is 20.9 Å². The van der Waals surface area contributed by atoms with E-state index in [1.165, 1.54) is 6.07 Å². The van der Waals surface area contributed by atoms with E-state index in [9.17, 15) is 9.59 Å². The minimum atomic E-state index is -1.09. The summed E-state index contributed by atoms with van der Waals surface area (Å²) in [6.45, 7) is 5.68. The number of hydrogen-bond donors (Lipinski definition) is 3. The molecule has 0 fully saturated rings. The van der Waals surface area contributed by atoms with Crippen LogP contribution in [0.15, 0.2) is 18.2 Å². The van der Waals surface area contributed by atoms with E-state index in [4.69, 9.17) is 15.6 Å². The maximum atomic E-state index is 11.4. The second-order valence-corrected chi connectivity index (χ2v) is 5.55. The van der Waals surface area contributed by atoms with Crippen LogP contribution in [0.25, 0.3) is 0 Å². The fraction of sp³-hybridized carbons (Fsp3) is 0.375. The number of anilines is 1. The lowest BCUT2D eigenvalue weighted by Crippen LogP contribution is -2.32. The molecule has 0 aromatic heterocycles. The largest absolute Gasteiger partial charge is 0.478 e. The molecule has 0 bridgehead atoms. The van der Waals surface area contributed by atoms with Crippen molar-refractivity contribution in [2.24, 2.45) is 0 Å². The summed E-state index contributed by atoms with van der Waals surface area (Å²) >= 11 is 0. The van der Waals surface area contributed by atoms with E-state index >= 15 is 0 Å². The van der Waals surface area contributed by atoms with E-state index in [0.717, 1.165) is 0 Å². The lowest BCUT2D eigenvalue weighted by molar-refractivity contribution is 0.0528. The Hall–Kier alpha value is -2.68. The van der Waals surface area contributed by atoms with Crippen LogP contribution in [-0.4, -0.2) is 29.3 Å². The number of carbonyl (C=O) groups excluding carboxylic acids is 1. The maximum absolute atomic E-state index is 11.4. The molecule has 1 amide bonds. The fourth-order valence-corrected chi connectivity index (χ4v) is 1.56. The summed E-state index contributed by atoms with van der Waals surface area (Å²) in [6.07, 6.45) is -0.0996. The Morgan fingerprint density at radius 2 is 2.05 bits per heavy atom. The number of amides is 1. The molecule has 0 heterocycles. The van der Waals surface area contributed by atoms with Crippen LogP contribution in [0.3, 0.4) is 0 Å². The highest BCUT2D eigenvalue weighted by atomic mass is 16.6. The molecular weight excluding hydrogens is 284 g/mol. The molecule has 0 aliphatic carbocycles. The number of benzene rings is 1. The smallest absolute Gasteiger partial charge is 0.407 e. The van der Waals surface area contributed by atoms with Crippen molar-refractivity contribution < 1.29 is 19.4 Å². The number of nitrogen functional groups attached to an aromatic ring is 1. The minimum Gasteiger partial charge on any atom is -0.478 e. The van der Waals surface area contributed by atoms with Crippen molar-refractivity contribution in [2.45, 2.75) is 32.8 Å². The predicted molar refractivity (Wildman–Crippen MR) is 83.5 cm³/mol. The van der Waals surface area contributed by atoms with Gasteiger partial charge >= 0.3 is 12.1 Å². The third-order valence-electron chi connectivity index (χ3n) is 2.48. The molecule has 0 saturated heterocycles. The fourth-order valence-electron chi connectivity index (χ4n) is 1.56. The number of aromatic carboxylic acids is 1. The summed E-state index contributed by atoms with van der Waals surface area (Å²) in [5.41, 5.74) is 5.83. The van der Waals surface area contributed by atoms with Crippen molar-refractivity contribution in [2.75, 3.05) is 12.3 Å². The normalized spacial score (nSPS) is 10.3. The highest BCUT2D eigenvalue weighted by Gasteiger charge is 2.15. The molecule has 0 aliphatic rings. The van der Waals surface area contributed by atoms with Crippen LogP contribution in [0.5, 0.6) is 0 Å². The Morgan fingerprint density at radius 1 is 1.36 bits per heavy atom. The molecule has 0 unspecified atom stereocenters. The number of alkyl carbamates (subject to hydrolysis) is 1. The molecule has 0 atom stereocenters.